The maximum atomic E-state index is 11.2. The molecule has 0 aliphatic rings. The van der Waals surface area contributed by atoms with Crippen molar-refractivity contribution in [2.45, 2.75) is 4.90 Å². The minimum atomic E-state index is -3.77. The molecule has 0 fully saturated rings. The minimum absolute atomic E-state index is 0.0311. The van der Waals surface area contributed by atoms with Gasteiger partial charge in [0.25, 0.3) is 5.56 Å². The molecule has 1 aromatic carbocycles. The molecule has 0 bridgehead atoms. The van der Waals surface area contributed by atoms with Crippen LogP contribution in [0, 0.1) is 11.8 Å². The summed E-state index contributed by atoms with van der Waals surface area (Å²) in [6.07, 6.45) is 1.17. The van der Waals surface area contributed by atoms with Crippen molar-refractivity contribution < 1.29 is 13.6 Å². The van der Waals surface area contributed by atoms with Gasteiger partial charge < -0.3 is 5.21 Å². The van der Waals surface area contributed by atoms with Gasteiger partial charge in [0, 0.05) is 17.2 Å². The van der Waals surface area contributed by atoms with Crippen LogP contribution in [-0.4, -0.2) is 18.4 Å². The third-order valence-electron chi connectivity index (χ3n) is 2.41. The van der Waals surface area contributed by atoms with Gasteiger partial charge in [-0.2, -0.15) is 4.73 Å². The SMILES string of the molecule is NS(=O)(=O)c1cccc(C#Cc2ccc(=O)n(O)c2)c1. The number of benzene rings is 1. The van der Waals surface area contributed by atoms with Crippen molar-refractivity contribution in [2.24, 2.45) is 5.14 Å². The maximum Gasteiger partial charge on any atom is 0.282 e. The maximum absolute atomic E-state index is 11.2. The van der Waals surface area contributed by atoms with Crippen molar-refractivity contribution in [3.8, 4) is 11.8 Å². The van der Waals surface area contributed by atoms with Gasteiger partial charge in [0.2, 0.25) is 10.0 Å². The quantitative estimate of drug-likeness (QED) is 0.575. The third kappa shape index (κ3) is 3.26. The molecule has 6 nitrogen and oxygen atoms in total. The normalized spacial score (nSPS) is 10.7. The summed E-state index contributed by atoms with van der Waals surface area (Å²) in [5, 5.41) is 14.2. The number of hydrogen-bond acceptors (Lipinski definition) is 4. The number of sulfonamides is 1. The lowest BCUT2D eigenvalue weighted by atomic mass is 10.2. The first kappa shape index (κ1) is 13.9. The van der Waals surface area contributed by atoms with Crippen molar-refractivity contribution in [1.82, 2.24) is 4.73 Å². The average molecular weight is 290 g/mol. The lowest BCUT2D eigenvalue weighted by Gasteiger charge is -1.98. The Bertz CT molecular complexity index is 873. The van der Waals surface area contributed by atoms with Gasteiger partial charge in [-0.25, -0.2) is 13.6 Å². The van der Waals surface area contributed by atoms with E-state index < -0.39 is 15.6 Å². The molecule has 102 valence electrons. The van der Waals surface area contributed by atoms with Crippen LogP contribution in [-0.2, 0) is 10.0 Å². The lowest BCUT2D eigenvalue weighted by molar-refractivity contribution is 0.174. The Kier molecular flexibility index (Phi) is 3.61. The number of primary sulfonamides is 1. The molecule has 0 aliphatic carbocycles. The van der Waals surface area contributed by atoms with E-state index in [4.69, 9.17) is 5.14 Å². The smallest absolute Gasteiger partial charge is 0.282 e. The molecule has 2 aromatic rings. The predicted octanol–water partition coefficient (Wildman–Crippen LogP) is 0.133. The van der Waals surface area contributed by atoms with Crippen LogP contribution in [0.5, 0.6) is 0 Å². The van der Waals surface area contributed by atoms with Gasteiger partial charge in [-0.1, -0.05) is 17.9 Å². The summed E-state index contributed by atoms with van der Waals surface area (Å²) in [5.74, 6) is 5.43. The molecular formula is C13H10N2O4S. The largest absolute Gasteiger partial charge is 0.425 e. The number of nitrogens with zero attached hydrogens (tertiary/aromatic N) is 1. The summed E-state index contributed by atoms with van der Waals surface area (Å²) in [6, 6.07) is 8.48. The van der Waals surface area contributed by atoms with Gasteiger partial charge in [0.15, 0.2) is 0 Å². The fraction of sp³-hybridized carbons (Fsp3) is 0. The van der Waals surface area contributed by atoms with E-state index in [0.29, 0.717) is 15.9 Å². The number of rotatable bonds is 1. The zero-order valence-electron chi connectivity index (χ0n) is 10.1. The third-order valence-corrected chi connectivity index (χ3v) is 3.32. The molecule has 0 atom stereocenters. The monoisotopic (exact) mass is 290 g/mol. The molecule has 0 spiro atoms. The summed E-state index contributed by atoms with van der Waals surface area (Å²) in [6.45, 7) is 0. The van der Waals surface area contributed by atoms with Gasteiger partial charge in [-0.15, -0.1) is 0 Å². The second-order valence-electron chi connectivity index (χ2n) is 3.92. The van der Waals surface area contributed by atoms with E-state index in [-0.39, 0.29) is 4.90 Å². The van der Waals surface area contributed by atoms with Gasteiger partial charge >= 0.3 is 0 Å². The van der Waals surface area contributed by atoms with Crippen LogP contribution in [0.1, 0.15) is 11.1 Å². The van der Waals surface area contributed by atoms with E-state index in [1.54, 1.807) is 6.07 Å². The number of hydrogen-bond donors (Lipinski definition) is 2. The highest BCUT2D eigenvalue weighted by atomic mass is 32.2. The van der Waals surface area contributed by atoms with E-state index >= 15 is 0 Å². The zero-order chi connectivity index (χ0) is 14.8. The lowest BCUT2D eigenvalue weighted by Crippen LogP contribution is -2.15. The van der Waals surface area contributed by atoms with Crippen LogP contribution in [0.2, 0.25) is 0 Å². The van der Waals surface area contributed by atoms with Crippen LogP contribution >= 0.6 is 0 Å². The molecule has 3 N–H and O–H groups in total. The molecule has 0 amide bonds. The van der Waals surface area contributed by atoms with Gasteiger partial charge in [0.05, 0.1) is 11.1 Å². The van der Waals surface area contributed by atoms with E-state index in [0.717, 1.165) is 0 Å². The Balaban J connectivity index is 2.38. The Morgan fingerprint density at radius 2 is 1.80 bits per heavy atom. The summed E-state index contributed by atoms with van der Waals surface area (Å²) in [7, 11) is -3.77. The first-order chi connectivity index (χ1) is 9.36. The summed E-state index contributed by atoms with van der Waals surface area (Å²) >= 11 is 0. The van der Waals surface area contributed by atoms with E-state index in [2.05, 4.69) is 11.8 Å². The molecule has 20 heavy (non-hydrogen) atoms. The fourth-order valence-electron chi connectivity index (χ4n) is 1.44. The molecule has 0 radical (unpaired) electrons. The molecule has 0 unspecified atom stereocenters. The van der Waals surface area contributed by atoms with Gasteiger partial charge in [-0.05, 0) is 24.3 Å². The van der Waals surface area contributed by atoms with Crippen LogP contribution < -0.4 is 10.7 Å². The standard InChI is InChI=1S/C13H10N2O4S/c14-20(18,19)12-3-1-2-10(8-12)4-5-11-6-7-13(16)15(17)9-11/h1-3,6-9,17H,(H2,14,18,19). The van der Waals surface area contributed by atoms with Crippen LogP contribution in [0.15, 0.2) is 52.3 Å². The Morgan fingerprint density at radius 1 is 1.10 bits per heavy atom. The molecular weight excluding hydrogens is 280 g/mol. The highest BCUT2D eigenvalue weighted by Crippen LogP contribution is 2.08. The van der Waals surface area contributed by atoms with Crippen LogP contribution in [0.4, 0.5) is 0 Å². The Hall–Kier alpha value is -2.56. The molecule has 0 saturated heterocycles. The average Bonchev–Trinajstić information content (AvgIpc) is 2.39. The first-order valence-corrected chi connectivity index (χ1v) is 6.98. The molecule has 1 aromatic heterocycles. The number of pyridine rings is 1. The summed E-state index contributed by atoms with van der Waals surface area (Å²) in [5.41, 5.74) is 0.298. The van der Waals surface area contributed by atoms with Crippen molar-refractivity contribution in [2.75, 3.05) is 0 Å². The Labute approximate surface area is 115 Å². The second kappa shape index (κ2) is 5.21. The highest BCUT2D eigenvalue weighted by Gasteiger charge is 2.06. The highest BCUT2D eigenvalue weighted by molar-refractivity contribution is 7.89. The molecule has 0 aliphatic heterocycles. The van der Waals surface area contributed by atoms with E-state index in [9.17, 15) is 18.4 Å². The predicted molar refractivity (Wildman–Crippen MR) is 71.7 cm³/mol. The van der Waals surface area contributed by atoms with Crippen molar-refractivity contribution >= 4 is 10.0 Å². The van der Waals surface area contributed by atoms with Crippen LogP contribution in [0.3, 0.4) is 0 Å². The number of aromatic nitrogens is 1. The molecule has 7 heteroatoms. The molecule has 1 heterocycles. The molecule has 2 rings (SSSR count). The number of nitrogens with two attached hydrogens (primary N) is 1. The Morgan fingerprint density at radius 3 is 2.45 bits per heavy atom. The summed E-state index contributed by atoms with van der Waals surface area (Å²) in [4.78, 5) is 11.0. The first-order valence-electron chi connectivity index (χ1n) is 5.43. The van der Waals surface area contributed by atoms with E-state index in [1.165, 1.54) is 36.5 Å². The summed E-state index contributed by atoms with van der Waals surface area (Å²) < 4.78 is 22.8. The minimum Gasteiger partial charge on any atom is -0.425 e. The fourth-order valence-corrected chi connectivity index (χ4v) is 2.00. The van der Waals surface area contributed by atoms with Crippen molar-refractivity contribution in [3.05, 3.63) is 64.1 Å². The second-order valence-corrected chi connectivity index (χ2v) is 5.48. The van der Waals surface area contributed by atoms with Gasteiger partial charge in [-0.3, -0.25) is 4.79 Å². The van der Waals surface area contributed by atoms with Crippen molar-refractivity contribution in [3.63, 3.8) is 0 Å². The van der Waals surface area contributed by atoms with E-state index in [1.807, 2.05) is 0 Å². The van der Waals surface area contributed by atoms with Crippen molar-refractivity contribution in [1.29, 1.82) is 0 Å². The van der Waals surface area contributed by atoms with Gasteiger partial charge in [0.1, 0.15) is 0 Å². The molecule has 0 saturated carbocycles. The zero-order valence-corrected chi connectivity index (χ0v) is 11.0. The van der Waals surface area contributed by atoms with Crippen LogP contribution in [0.25, 0.3) is 0 Å². The topological polar surface area (TPSA) is 102 Å².